The number of hydrazone groups is 1. The molecule has 1 unspecified atom stereocenters. The van der Waals surface area contributed by atoms with Crippen molar-refractivity contribution in [2.75, 3.05) is 5.01 Å². The summed E-state index contributed by atoms with van der Waals surface area (Å²) in [5.41, 5.74) is 2.29. The molecule has 0 aliphatic carbocycles. The fraction of sp³-hybridized carbons (Fsp3) is 0.0435. The molecule has 2 aliphatic heterocycles. The minimum Gasteiger partial charge on any atom is -0.303 e. The highest BCUT2D eigenvalue weighted by Gasteiger charge is 2.62. The van der Waals surface area contributed by atoms with Crippen molar-refractivity contribution in [3.05, 3.63) is 95.5 Å². The summed E-state index contributed by atoms with van der Waals surface area (Å²) in [6.45, 7) is 0. The fourth-order valence-corrected chi connectivity index (χ4v) is 4.73. The van der Waals surface area contributed by atoms with Crippen LogP contribution in [0.25, 0.3) is 0 Å². The predicted molar refractivity (Wildman–Crippen MR) is 124 cm³/mol. The average Bonchev–Trinajstić information content (AvgIpc) is 3.28. The van der Waals surface area contributed by atoms with E-state index >= 15 is 0 Å². The first-order valence-corrected chi connectivity index (χ1v) is 10.7. The van der Waals surface area contributed by atoms with Crippen molar-refractivity contribution in [1.82, 2.24) is 5.32 Å². The van der Waals surface area contributed by atoms with Gasteiger partial charge in [0, 0.05) is 10.6 Å². The second-order valence-corrected chi connectivity index (χ2v) is 8.54. The summed E-state index contributed by atoms with van der Waals surface area (Å²) < 4.78 is -1.55. The van der Waals surface area contributed by atoms with Gasteiger partial charge in [-0.05, 0) is 36.4 Å². The maximum atomic E-state index is 13.6. The number of amides is 2. The van der Waals surface area contributed by atoms with Crippen LogP contribution in [-0.4, -0.2) is 27.4 Å². The van der Waals surface area contributed by atoms with Gasteiger partial charge in [0.1, 0.15) is 5.71 Å². The van der Waals surface area contributed by atoms with Crippen molar-refractivity contribution in [2.24, 2.45) is 10.1 Å². The van der Waals surface area contributed by atoms with E-state index in [4.69, 9.17) is 11.6 Å². The number of benzene rings is 3. The van der Waals surface area contributed by atoms with Gasteiger partial charge in [-0.3, -0.25) is 9.59 Å². The third-order valence-electron chi connectivity index (χ3n) is 4.92. The number of hydrogen-bond acceptors (Lipinski definition) is 5. The molecule has 0 saturated carbocycles. The monoisotopic (exact) mass is 446 g/mol. The maximum absolute atomic E-state index is 13.6. The van der Waals surface area contributed by atoms with Crippen LogP contribution in [-0.2, 0) is 9.59 Å². The average molecular weight is 447 g/mol. The highest BCUT2D eigenvalue weighted by atomic mass is 35.5. The van der Waals surface area contributed by atoms with Crippen molar-refractivity contribution >= 4 is 57.4 Å². The van der Waals surface area contributed by atoms with E-state index in [-0.39, 0.29) is 0 Å². The van der Waals surface area contributed by atoms with Crippen molar-refractivity contribution in [3.63, 3.8) is 0 Å². The quantitative estimate of drug-likeness (QED) is 0.607. The molecule has 3 aromatic carbocycles. The molecule has 1 fully saturated rings. The van der Waals surface area contributed by atoms with Gasteiger partial charge < -0.3 is 5.32 Å². The van der Waals surface area contributed by atoms with Crippen molar-refractivity contribution in [3.8, 4) is 0 Å². The molecule has 0 radical (unpaired) electrons. The fourth-order valence-electron chi connectivity index (χ4n) is 3.45. The summed E-state index contributed by atoms with van der Waals surface area (Å²) in [6, 6.07) is 25.2. The van der Waals surface area contributed by atoms with Crippen LogP contribution in [0.1, 0.15) is 5.56 Å². The van der Waals surface area contributed by atoms with Gasteiger partial charge in [0.2, 0.25) is 4.75 Å². The molecular formula is C23H15ClN4O2S. The number of thioether (sulfide) groups is 1. The summed E-state index contributed by atoms with van der Waals surface area (Å²) in [4.78, 5) is 31.4. The number of anilines is 1. The van der Waals surface area contributed by atoms with Gasteiger partial charge in [-0.1, -0.05) is 71.9 Å². The molecule has 1 saturated heterocycles. The van der Waals surface area contributed by atoms with E-state index in [1.807, 2.05) is 48.5 Å². The number of aliphatic imine (C=N–C) groups is 1. The van der Waals surface area contributed by atoms with Gasteiger partial charge >= 0.3 is 0 Å². The maximum Gasteiger partial charge on any atom is 0.280 e. The molecule has 8 heteroatoms. The highest BCUT2D eigenvalue weighted by molar-refractivity contribution is 8.17. The normalized spacial score (nSPS) is 21.6. The number of nitrogens with zero attached hydrogens (tertiary/aromatic N) is 3. The van der Waals surface area contributed by atoms with Crippen LogP contribution in [0.15, 0.2) is 95.0 Å². The Bertz CT molecular complexity index is 1230. The molecule has 5 rings (SSSR count). The Hall–Kier alpha value is -3.42. The molecule has 1 atom stereocenters. The van der Waals surface area contributed by atoms with E-state index in [9.17, 15) is 9.59 Å². The molecule has 2 heterocycles. The molecule has 0 bridgehead atoms. The number of para-hydroxylation sites is 1. The zero-order chi connectivity index (χ0) is 21.4. The number of halogens is 1. The molecule has 1 N–H and O–H groups in total. The second kappa shape index (κ2) is 7.68. The molecule has 2 amide bonds. The van der Waals surface area contributed by atoms with Gasteiger partial charge in [0.05, 0.1) is 11.4 Å². The second-order valence-electron chi connectivity index (χ2n) is 6.90. The molecule has 3 aromatic rings. The van der Waals surface area contributed by atoms with Crippen molar-refractivity contribution < 1.29 is 9.59 Å². The molecule has 152 valence electrons. The van der Waals surface area contributed by atoms with E-state index in [2.05, 4.69) is 15.4 Å². The molecule has 6 nitrogen and oxygen atoms in total. The molecule has 0 aromatic heterocycles. The largest absolute Gasteiger partial charge is 0.303 e. The molecule has 2 aliphatic rings. The van der Waals surface area contributed by atoms with Crippen LogP contribution in [0.5, 0.6) is 0 Å². The predicted octanol–water partition coefficient (Wildman–Crippen LogP) is 4.38. The topological polar surface area (TPSA) is 74.1 Å². The number of carbonyl (C=O) groups is 2. The SMILES string of the molecule is O=C1NC(=Nc2ccc(Cl)cc2)SC12C(=O)N(c1ccccc1)N=C2c1ccccc1. The summed E-state index contributed by atoms with van der Waals surface area (Å²) in [7, 11) is 0. The first-order valence-electron chi connectivity index (χ1n) is 9.47. The first kappa shape index (κ1) is 19.5. The van der Waals surface area contributed by atoms with Gasteiger partial charge in [-0.25, -0.2) is 4.99 Å². The Morgan fingerprint density at radius 3 is 2.23 bits per heavy atom. The summed E-state index contributed by atoms with van der Waals surface area (Å²) >= 11 is 7.01. The lowest BCUT2D eigenvalue weighted by atomic mass is 9.95. The summed E-state index contributed by atoms with van der Waals surface area (Å²) in [5.74, 6) is -0.891. The lowest BCUT2D eigenvalue weighted by molar-refractivity contribution is -0.127. The lowest BCUT2D eigenvalue weighted by Crippen LogP contribution is -2.50. The zero-order valence-corrected chi connectivity index (χ0v) is 17.6. The Morgan fingerprint density at radius 2 is 1.55 bits per heavy atom. The highest BCUT2D eigenvalue weighted by Crippen LogP contribution is 2.43. The zero-order valence-electron chi connectivity index (χ0n) is 16.0. The van der Waals surface area contributed by atoms with Crippen LogP contribution < -0.4 is 10.3 Å². The van der Waals surface area contributed by atoms with E-state index in [1.54, 1.807) is 36.4 Å². The third-order valence-corrected chi connectivity index (χ3v) is 6.42. The number of rotatable bonds is 3. The van der Waals surface area contributed by atoms with Crippen molar-refractivity contribution in [2.45, 2.75) is 4.75 Å². The Balaban J connectivity index is 1.60. The smallest absolute Gasteiger partial charge is 0.280 e. The first-order chi connectivity index (χ1) is 15.1. The standard InChI is InChI=1S/C23H15ClN4O2S/c24-16-11-13-17(14-12-16)25-22-26-20(29)23(31-22)19(15-7-3-1-4-8-15)27-28(21(23)30)18-9-5-2-6-10-18/h1-14H,(H,25,26,29). The van der Waals surface area contributed by atoms with Crippen LogP contribution in [0.3, 0.4) is 0 Å². The van der Waals surface area contributed by atoms with Crippen LogP contribution in [0, 0.1) is 0 Å². The van der Waals surface area contributed by atoms with Gasteiger partial charge in [-0.2, -0.15) is 10.1 Å². The Labute approximate surface area is 187 Å². The van der Waals surface area contributed by atoms with Crippen LogP contribution >= 0.6 is 23.4 Å². The minimum atomic E-state index is -1.55. The summed E-state index contributed by atoms with van der Waals surface area (Å²) in [5, 5.41) is 9.57. The summed E-state index contributed by atoms with van der Waals surface area (Å²) in [6.07, 6.45) is 0. The van der Waals surface area contributed by atoms with Gasteiger partial charge in [-0.15, -0.1) is 0 Å². The molecule has 1 spiro atoms. The van der Waals surface area contributed by atoms with E-state index < -0.39 is 16.6 Å². The van der Waals surface area contributed by atoms with Crippen LogP contribution in [0.2, 0.25) is 5.02 Å². The number of hydrogen-bond donors (Lipinski definition) is 1. The Morgan fingerprint density at radius 1 is 0.903 bits per heavy atom. The molecule has 31 heavy (non-hydrogen) atoms. The minimum absolute atomic E-state index is 0.333. The number of amidine groups is 1. The van der Waals surface area contributed by atoms with E-state index in [1.165, 1.54) is 5.01 Å². The Kier molecular flexibility index (Phi) is 4.84. The van der Waals surface area contributed by atoms with Crippen LogP contribution in [0.4, 0.5) is 11.4 Å². The lowest BCUT2D eigenvalue weighted by Gasteiger charge is -2.19. The molecular weight excluding hydrogens is 432 g/mol. The van der Waals surface area contributed by atoms with Gasteiger partial charge in [0.15, 0.2) is 5.17 Å². The number of carbonyl (C=O) groups excluding carboxylic acids is 2. The van der Waals surface area contributed by atoms with E-state index in [0.717, 1.165) is 11.8 Å². The van der Waals surface area contributed by atoms with Gasteiger partial charge in [0.25, 0.3) is 11.8 Å². The third kappa shape index (κ3) is 3.32. The number of nitrogens with one attached hydrogen (secondary N) is 1. The van der Waals surface area contributed by atoms with Crippen molar-refractivity contribution in [1.29, 1.82) is 0 Å². The van der Waals surface area contributed by atoms with E-state index in [0.29, 0.717) is 32.8 Å².